The molecule has 0 aromatic rings. The molecule has 7 heteroatoms. The van der Waals surface area contributed by atoms with Crippen molar-refractivity contribution in [1.82, 2.24) is 5.32 Å². The second-order valence-corrected chi connectivity index (χ2v) is 10.4. The molecule has 1 unspecified atom stereocenters. The van der Waals surface area contributed by atoms with Crippen LogP contribution < -0.4 is 40.0 Å². The predicted molar refractivity (Wildman–Crippen MR) is 149 cm³/mol. The Morgan fingerprint density at radius 2 is 1.11 bits per heavy atom. The third-order valence-electron chi connectivity index (χ3n) is 6.82. The molecular weight excluding hydrogens is 475 g/mol. The van der Waals surface area contributed by atoms with Gasteiger partial charge in [0.1, 0.15) is 6.04 Å². The van der Waals surface area contributed by atoms with Gasteiger partial charge >= 0.3 is 35.5 Å². The number of nitrogens with one attached hydrogen (secondary N) is 1. The van der Waals surface area contributed by atoms with Gasteiger partial charge in [-0.25, -0.2) is 4.79 Å². The van der Waals surface area contributed by atoms with Gasteiger partial charge in [-0.15, -0.1) is 0 Å². The molecule has 1 atom stereocenters. The molecule has 0 saturated heterocycles. The summed E-state index contributed by atoms with van der Waals surface area (Å²) in [5.74, 6) is -1.21. The molecule has 0 aliphatic carbocycles. The molecule has 0 radical (unpaired) electrons. The number of carboxylic acids is 1. The van der Waals surface area contributed by atoms with E-state index in [0.29, 0.717) is 38.6 Å². The molecule has 0 saturated carbocycles. The van der Waals surface area contributed by atoms with E-state index in [9.17, 15) is 19.8 Å². The Morgan fingerprint density at radius 1 is 0.676 bits per heavy atom. The van der Waals surface area contributed by atoms with Crippen molar-refractivity contribution < 1.29 is 49.4 Å². The number of carbonyl (C=O) groups is 2. The Bertz CT molecular complexity index is 558. The molecule has 0 rings (SSSR count). The number of amides is 1. The Labute approximate surface area is 250 Å². The van der Waals surface area contributed by atoms with Crippen LogP contribution >= 0.6 is 0 Å². The van der Waals surface area contributed by atoms with Crippen molar-refractivity contribution in [2.75, 3.05) is 6.54 Å². The van der Waals surface area contributed by atoms with Gasteiger partial charge < -0.3 is 20.5 Å². The first kappa shape index (κ1) is 38.6. The topological polar surface area (TPSA) is 102 Å². The zero-order valence-electron chi connectivity index (χ0n) is 24.7. The molecule has 0 aliphatic heterocycles. The van der Waals surface area contributed by atoms with Gasteiger partial charge in [0.25, 0.3) is 0 Å². The first-order valence-corrected chi connectivity index (χ1v) is 15.2. The summed E-state index contributed by atoms with van der Waals surface area (Å²) < 4.78 is 0. The maximum Gasteiger partial charge on any atom is 1.00 e. The third kappa shape index (κ3) is 28.2. The van der Waals surface area contributed by atoms with E-state index < -0.39 is 12.0 Å². The first-order chi connectivity index (χ1) is 17.5. The normalized spacial score (nSPS) is 12.2. The fourth-order valence-corrected chi connectivity index (χ4v) is 4.45. The van der Waals surface area contributed by atoms with E-state index in [0.717, 1.165) is 32.1 Å². The van der Waals surface area contributed by atoms with Gasteiger partial charge in [-0.2, -0.15) is 0 Å². The zero-order chi connectivity index (χ0) is 26.7. The molecule has 0 bridgehead atoms. The van der Waals surface area contributed by atoms with Crippen molar-refractivity contribution in [3.8, 4) is 0 Å². The summed E-state index contributed by atoms with van der Waals surface area (Å²) in [6.45, 7) is 4.89. The molecule has 0 spiro atoms. The predicted octanol–water partition coefficient (Wildman–Crippen LogP) is 4.33. The minimum atomic E-state index is -0.992. The molecule has 0 aromatic heterocycles. The largest absolute Gasteiger partial charge is 1.00 e. The maximum atomic E-state index is 12.1. The Kier molecular flexibility index (Phi) is 31.2. The van der Waals surface area contributed by atoms with Crippen LogP contribution in [0.3, 0.4) is 0 Å². The molecule has 37 heavy (non-hydrogen) atoms. The van der Waals surface area contributed by atoms with Gasteiger partial charge in [0.05, 0.1) is 0 Å². The quantitative estimate of drug-likeness (QED) is 0.0711. The van der Waals surface area contributed by atoms with E-state index in [1.165, 1.54) is 83.5 Å². The van der Waals surface area contributed by atoms with Gasteiger partial charge in [0.2, 0.25) is 5.91 Å². The fourth-order valence-electron chi connectivity index (χ4n) is 4.45. The standard InChI is InChI=1S/C30H58N2O4.Na/c1-3-5-7-9-11-13-15-17-19-24-28(33)31-26-22-21-23-27(30(35)36)32-29(34)25-20-18-16-14-12-10-8-6-4-2;/h27H,3-26H2,1-2H3,(H,31,33)(H,32,34)(H,35,36);/q;+1/p-1. The molecule has 0 fully saturated rings. The summed E-state index contributed by atoms with van der Waals surface area (Å²) in [7, 11) is 0. The summed E-state index contributed by atoms with van der Waals surface area (Å²) in [6.07, 6.45) is 24.3. The second kappa shape index (κ2) is 30.0. The number of carbonyl (C=O) groups excluding carboxylic acids is 1. The van der Waals surface area contributed by atoms with Crippen molar-refractivity contribution in [3.05, 3.63) is 0 Å². The molecule has 2 N–H and O–H groups in total. The fraction of sp³-hybridized carbons (Fsp3) is 0.900. The Hall–Kier alpha value is -0.590. The number of rotatable bonds is 27. The monoisotopic (exact) mass is 532 g/mol. The number of nitrogens with zero attached hydrogens (tertiary/aromatic N) is 1. The van der Waals surface area contributed by atoms with Gasteiger partial charge in [0.15, 0.2) is 0 Å². The van der Waals surface area contributed by atoms with E-state index >= 15 is 0 Å². The van der Waals surface area contributed by atoms with E-state index in [1.54, 1.807) is 0 Å². The molecule has 0 aromatic carbocycles. The maximum absolute atomic E-state index is 12.1. The van der Waals surface area contributed by atoms with Gasteiger partial charge in [-0.1, -0.05) is 117 Å². The van der Waals surface area contributed by atoms with Crippen molar-refractivity contribution in [3.63, 3.8) is 0 Å². The van der Waals surface area contributed by atoms with Gasteiger partial charge in [0, 0.05) is 13.0 Å². The Balaban J connectivity index is 0. The molecule has 6 nitrogen and oxygen atoms in total. The number of aliphatic carboxylic acids is 1. The number of hydrogen-bond acceptors (Lipinski definition) is 4. The van der Waals surface area contributed by atoms with Crippen molar-refractivity contribution in [2.24, 2.45) is 4.99 Å². The van der Waals surface area contributed by atoms with Crippen LogP contribution in [0.5, 0.6) is 0 Å². The van der Waals surface area contributed by atoms with Crippen LogP contribution in [0.1, 0.15) is 162 Å². The number of hydrogen-bond donors (Lipinski definition) is 2. The summed E-state index contributed by atoms with van der Waals surface area (Å²) in [5, 5.41) is 24.0. The summed E-state index contributed by atoms with van der Waals surface area (Å²) in [6, 6.07) is -0.853. The average Bonchev–Trinajstić information content (AvgIpc) is 2.85. The van der Waals surface area contributed by atoms with E-state index in [2.05, 4.69) is 24.2 Å². The van der Waals surface area contributed by atoms with Crippen LogP contribution in [0.25, 0.3) is 0 Å². The number of carboxylic acid groups (broad SMARTS) is 1. The van der Waals surface area contributed by atoms with Gasteiger partial charge in [-0.05, 0) is 44.4 Å². The van der Waals surface area contributed by atoms with Crippen LogP contribution in [0.15, 0.2) is 4.99 Å². The minimum absolute atomic E-state index is 0. The van der Waals surface area contributed by atoms with Crippen LogP contribution in [0.4, 0.5) is 0 Å². The van der Waals surface area contributed by atoms with Crippen LogP contribution in [-0.2, 0) is 9.59 Å². The zero-order valence-corrected chi connectivity index (χ0v) is 26.7. The van der Waals surface area contributed by atoms with Crippen LogP contribution in [0.2, 0.25) is 0 Å². The average molecular weight is 533 g/mol. The molecule has 0 heterocycles. The van der Waals surface area contributed by atoms with E-state index in [4.69, 9.17) is 0 Å². The van der Waals surface area contributed by atoms with Crippen molar-refractivity contribution in [1.29, 1.82) is 0 Å². The summed E-state index contributed by atoms with van der Waals surface area (Å²) in [5.41, 5.74) is 0. The number of aliphatic imine (C=N–C) groups is 1. The molecule has 1 amide bonds. The number of unbranched alkanes of at least 4 members (excludes halogenated alkanes) is 17. The van der Waals surface area contributed by atoms with Crippen LogP contribution in [0, 0.1) is 0 Å². The molecule has 212 valence electrons. The van der Waals surface area contributed by atoms with E-state index in [1.807, 2.05) is 0 Å². The minimum Gasteiger partial charge on any atom is -0.862 e. The second-order valence-electron chi connectivity index (χ2n) is 10.4. The summed E-state index contributed by atoms with van der Waals surface area (Å²) >= 11 is 0. The third-order valence-corrected chi connectivity index (χ3v) is 6.82. The van der Waals surface area contributed by atoms with Crippen LogP contribution in [-0.4, -0.2) is 35.5 Å². The van der Waals surface area contributed by atoms with Crippen molar-refractivity contribution >= 4 is 17.8 Å². The summed E-state index contributed by atoms with van der Waals surface area (Å²) in [4.78, 5) is 27.7. The smallest absolute Gasteiger partial charge is 0.862 e. The van der Waals surface area contributed by atoms with Gasteiger partial charge in [-0.3, -0.25) is 4.79 Å². The molecular formula is C30H57N2NaO4. The van der Waals surface area contributed by atoms with Crippen molar-refractivity contribution in [2.45, 2.75) is 168 Å². The Morgan fingerprint density at radius 3 is 1.57 bits per heavy atom. The SMILES string of the molecule is CCCCCCCCCCCC(=O)NC(CCCCN=C([O-])CCCCCCCCCCC)C(=O)O.[Na+]. The first-order valence-electron chi connectivity index (χ1n) is 15.2. The molecule has 0 aliphatic rings. The van der Waals surface area contributed by atoms with E-state index in [-0.39, 0.29) is 41.4 Å².